The van der Waals surface area contributed by atoms with E-state index in [1.807, 2.05) is 0 Å². The number of carbonyl (C=O) groups excluding carboxylic acids is 4. The molecular weight excluding hydrogens is 472 g/mol. The van der Waals surface area contributed by atoms with E-state index in [1.54, 1.807) is 0 Å². The van der Waals surface area contributed by atoms with Crippen molar-refractivity contribution in [2.45, 2.75) is 18.3 Å². The monoisotopic (exact) mass is 486 g/mol. The molecular formula is C17H15ClN4O7S2. The number of anilines is 1. The molecule has 0 aliphatic carbocycles. The summed E-state index contributed by atoms with van der Waals surface area (Å²) in [6.07, 6.45) is 1.79. The second kappa shape index (κ2) is 9.49. The maximum Gasteiger partial charge on any atom is 0.352 e. The first-order chi connectivity index (χ1) is 14.8. The summed E-state index contributed by atoms with van der Waals surface area (Å²) in [5, 5.41) is 14.1. The Morgan fingerprint density at radius 3 is 2.81 bits per heavy atom. The lowest BCUT2D eigenvalue weighted by molar-refractivity contribution is -0.150. The van der Waals surface area contributed by atoms with Crippen LogP contribution in [-0.2, 0) is 28.7 Å². The van der Waals surface area contributed by atoms with E-state index in [0.717, 1.165) is 21.8 Å². The highest BCUT2D eigenvalue weighted by Crippen LogP contribution is 2.40. The van der Waals surface area contributed by atoms with Crippen molar-refractivity contribution in [2.24, 2.45) is 0 Å². The van der Waals surface area contributed by atoms with Crippen LogP contribution in [0.25, 0.3) is 5.57 Å². The summed E-state index contributed by atoms with van der Waals surface area (Å²) in [6.45, 7) is 0.961. The van der Waals surface area contributed by atoms with Crippen molar-refractivity contribution in [3.63, 3.8) is 0 Å². The number of carboxylic acid groups (broad SMARTS) is 1. The molecule has 3 rings (SSSR count). The summed E-state index contributed by atoms with van der Waals surface area (Å²) in [6, 6.07) is -0.964. The zero-order valence-electron chi connectivity index (χ0n) is 15.8. The average molecular weight is 487 g/mol. The maximum absolute atomic E-state index is 12.7. The zero-order chi connectivity index (χ0) is 22.7. The Morgan fingerprint density at radius 2 is 2.19 bits per heavy atom. The van der Waals surface area contributed by atoms with Gasteiger partial charge in [-0.25, -0.2) is 9.78 Å². The number of halogens is 1. The summed E-state index contributed by atoms with van der Waals surface area (Å²) in [5.41, 5.74) is 1.11. The van der Waals surface area contributed by atoms with Gasteiger partial charge >= 0.3 is 11.9 Å². The van der Waals surface area contributed by atoms with Gasteiger partial charge in [0.2, 0.25) is 6.41 Å². The molecule has 0 spiro atoms. The van der Waals surface area contributed by atoms with Crippen LogP contribution < -0.4 is 10.6 Å². The summed E-state index contributed by atoms with van der Waals surface area (Å²) in [7, 11) is 0. The molecule has 1 saturated heterocycles. The van der Waals surface area contributed by atoms with Crippen LogP contribution in [0.15, 0.2) is 23.0 Å². The molecule has 11 nitrogen and oxygen atoms in total. The van der Waals surface area contributed by atoms with E-state index in [0.29, 0.717) is 16.9 Å². The van der Waals surface area contributed by atoms with E-state index < -0.39 is 35.2 Å². The van der Waals surface area contributed by atoms with Crippen LogP contribution in [0.3, 0.4) is 0 Å². The second-order valence-corrected chi connectivity index (χ2v) is 8.57. The second-order valence-electron chi connectivity index (χ2n) is 6.21. The predicted molar refractivity (Wildman–Crippen MR) is 112 cm³/mol. The van der Waals surface area contributed by atoms with Gasteiger partial charge in [-0.1, -0.05) is 22.9 Å². The van der Waals surface area contributed by atoms with Crippen molar-refractivity contribution in [3.05, 3.63) is 27.9 Å². The Morgan fingerprint density at radius 1 is 1.45 bits per heavy atom. The predicted octanol–water partition coefficient (Wildman–Crippen LogP) is 0.593. The van der Waals surface area contributed by atoms with E-state index in [2.05, 4.69) is 15.6 Å². The third-order valence-electron chi connectivity index (χ3n) is 4.29. The normalized spacial score (nSPS) is 20.5. The van der Waals surface area contributed by atoms with E-state index in [4.69, 9.17) is 16.3 Å². The van der Waals surface area contributed by atoms with E-state index in [1.165, 1.54) is 24.9 Å². The first-order valence-electron chi connectivity index (χ1n) is 8.59. The number of aliphatic carboxylic acids is 1. The molecule has 1 aromatic rings. The number of carbonyl (C=O) groups is 5. The molecule has 3 N–H and O–H groups in total. The first kappa shape index (κ1) is 22.8. The van der Waals surface area contributed by atoms with Gasteiger partial charge in [-0.05, 0) is 0 Å². The fraction of sp³-hybridized carbons (Fsp3) is 0.294. The highest BCUT2D eigenvalue weighted by molar-refractivity contribution is 8.00. The molecule has 14 heteroatoms. The Labute approximate surface area is 188 Å². The van der Waals surface area contributed by atoms with Gasteiger partial charge in [0, 0.05) is 30.0 Å². The fourth-order valence-electron chi connectivity index (χ4n) is 2.93. The van der Waals surface area contributed by atoms with Crippen LogP contribution >= 0.6 is 34.7 Å². The number of thiazole rings is 1. The highest BCUT2D eigenvalue weighted by atomic mass is 35.5. The van der Waals surface area contributed by atoms with E-state index in [9.17, 15) is 29.1 Å². The number of thioether (sulfide) groups is 1. The van der Waals surface area contributed by atoms with Gasteiger partial charge in [0.25, 0.3) is 11.8 Å². The Kier molecular flexibility index (Phi) is 6.97. The number of nitrogens with one attached hydrogen (secondary N) is 2. The van der Waals surface area contributed by atoms with Crippen molar-refractivity contribution in [1.29, 1.82) is 0 Å². The lowest BCUT2D eigenvalue weighted by Gasteiger charge is -2.49. The molecule has 2 atom stereocenters. The highest BCUT2D eigenvalue weighted by Gasteiger charge is 2.54. The van der Waals surface area contributed by atoms with Crippen molar-refractivity contribution in [2.75, 3.05) is 17.7 Å². The first-order valence-corrected chi connectivity index (χ1v) is 10.9. The van der Waals surface area contributed by atoms with E-state index >= 15 is 0 Å². The van der Waals surface area contributed by atoms with Gasteiger partial charge in [-0.2, -0.15) is 0 Å². The van der Waals surface area contributed by atoms with Gasteiger partial charge in [0.1, 0.15) is 23.7 Å². The number of ether oxygens (including phenoxy) is 1. The number of amides is 3. The van der Waals surface area contributed by atoms with Gasteiger partial charge in [0.05, 0.1) is 10.5 Å². The third-order valence-corrected chi connectivity index (χ3v) is 6.81. The van der Waals surface area contributed by atoms with Crippen molar-refractivity contribution in [3.8, 4) is 0 Å². The summed E-state index contributed by atoms with van der Waals surface area (Å²) in [4.78, 5) is 64.0. The number of hydrogen-bond donors (Lipinski definition) is 3. The van der Waals surface area contributed by atoms with Gasteiger partial charge < -0.3 is 20.5 Å². The van der Waals surface area contributed by atoms with Crippen LogP contribution in [-0.4, -0.2) is 68.9 Å². The number of aromatic nitrogens is 1. The Balaban J connectivity index is 1.74. The standard InChI is InChI=1S/C17H15ClN4O7S2/c1-7(24)29-4-8-5-30-15-11(14(26)22(15)12(8)16(27)28)21-13(25)9(2-18)10-3-19-17(31-10)20-6-23/h2-3,6,11,15H,4-5H2,1H3,(H,21,25)(H,27,28)(H,19,20,23)/t11-,15-/m1/s1. The zero-order valence-corrected chi connectivity index (χ0v) is 18.2. The van der Waals surface area contributed by atoms with Gasteiger partial charge in [0.15, 0.2) is 5.13 Å². The maximum atomic E-state index is 12.7. The molecule has 3 amide bonds. The Hall–Kier alpha value is -2.90. The lowest BCUT2D eigenvalue weighted by Crippen LogP contribution is -2.70. The molecule has 0 unspecified atom stereocenters. The molecule has 164 valence electrons. The summed E-state index contributed by atoms with van der Waals surface area (Å²) >= 11 is 8.04. The van der Waals surface area contributed by atoms with Crippen LogP contribution in [0.5, 0.6) is 0 Å². The largest absolute Gasteiger partial charge is 0.477 e. The Bertz CT molecular complexity index is 1020. The van der Waals surface area contributed by atoms with Gasteiger partial charge in [-0.15, -0.1) is 11.8 Å². The smallest absolute Gasteiger partial charge is 0.352 e. The van der Waals surface area contributed by atoms with Crippen molar-refractivity contribution in [1.82, 2.24) is 15.2 Å². The topological polar surface area (TPSA) is 155 Å². The number of carboxylic acids is 1. The molecule has 1 aromatic heterocycles. The molecule has 0 bridgehead atoms. The summed E-state index contributed by atoms with van der Waals surface area (Å²) < 4.78 is 4.88. The number of esters is 1. The van der Waals surface area contributed by atoms with Gasteiger partial charge in [-0.3, -0.25) is 24.1 Å². The van der Waals surface area contributed by atoms with Crippen LogP contribution in [0.4, 0.5) is 5.13 Å². The molecule has 0 saturated carbocycles. The number of hydrogen-bond acceptors (Lipinski definition) is 9. The molecule has 1 fully saturated rings. The van der Waals surface area contributed by atoms with Crippen molar-refractivity contribution >= 4 is 75.6 Å². The summed E-state index contributed by atoms with van der Waals surface area (Å²) in [5.74, 6) is -2.94. The minimum absolute atomic E-state index is 0.0368. The average Bonchev–Trinajstić information content (AvgIpc) is 3.18. The number of rotatable bonds is 8. The van der Waals surface area contributed by atoms with Crippen LogP contribution in [0, 0.1) is 0 Å². The SMILES string of the molecule is CC(=O)OCC1=C(C(=O)O)N2C(=O)[C@@H](NC(=O)C(=CCl)c3cnc(NC=O)s3)[C@H]2SC1. The third kappa shape index (κ3) is 4.57. The number of nitrogens with zero attached hydrogens (tertiary/aromatic N) is 2. The molecule has 0 aromatic carbocycles. The van der Waals surface area contributed by atoms with E-state index in [-0.39, 0.29) is 28.8 Å². The fourth-order valence-corrected chi connectivity index (χ4v) is 5.33. The minimum atomic E-state index is -1.33. The number of fused-ring (bicyclic) bond motifs is 1. The quantitative estimate of drug-likeness (QED) is 0.207. The van der Waals surface area contributed by atoms with Crippen LogP contribution in [0.1, 0.15) is 11.8 Å². The number of β-lactam (4-membered cyclic amide) rings is 1. The minimum Gasteiger partial charge on any atom is -0.477 e. The van der Waals surface area contributed by atoms with Crippen LogP contribution in [0.2, 0.25) is 0 Å². The molecule has 2 aliphatic heterocycles. The lowest BCUT2D eigenvalue weighted by atomic mass is 10.0. The molecule has 31 heavy (non-hydrogen) atoms. The van der Waals surface area contributed by atoms with Crippen molar-refractivity contribution < 1.29 is 33.8 Å². The molecule has 3 heterocycles. The molecule has 2 aliphatic rings. The molecule has 0 radical (unpaired) electrons.